The van der Waals surface area contributed by atoms with Crippen molar-refractivity contribution in [3.8, 4) is 0 Å². The van der Waals surface area contributed by atoms with Crippen LogP contribution in [0.4, 0.5) is 4.79 Å². The molecule has 0 bridgehead atoms. The van der Waals surface area contributed by atoms with Crippen LogP contribution in [0.25, 0.3) is 5.78 Å². The number of carbonyl (C=O) groups is 3. The zero-order valence-corrected chi connectivity index (χ0v) is 15.4. The van der Waals surface area contributed by atoms with E-state index in [0.717, 1.165) is 5.69 Å². The van der Waals surface area contributed by atoms with Crippen molar-refractivity contribution < 1.29 is 19.1 Å². The summed E-state index contributed by atoms with van der Waals surface area (Å²) in [5.74, 6) is -0.872. The third-order valence-corrected chi connectivity index (χ3v) is 3.42. The highest BCUT2D eigenvalue weighted by atomic mass is 16.5. The number of amides is 3. The number of hydrogen-bond acceptors (Lipinski definition) is 7. The largest absolute Gasteiger partial charge is 0.455 e. The highest BCUT2D eigenvalue weighted by molar-refractivity contribution is 5.95. The van der Waals surface area contributed by atoms with Crippen molar-refractivity contribution in [1.29, 1.82) is 0 Å². The van der Waals surface area contributed by atoms with Crippen molar-refractivity contribution >= 4 is 23.7 Å². The maximum Gasteiger partial charge on any atom is 0.321 e. The zero-order valence-electron chi connectivity index (χ0n) is 15.4. The van der Waals surface area contributed by atoms with Crippen molar-refractivity contribution in [2.75, 3.05) is 6.61 Å². The van der Waals surface area contributed by atoms with Gasteiger partial charge < -0.3 is 10.1 Å². The molecule has 0 aromatic carbocycles. The molecule has 0 radical (unpaired) electrons. The van der Waals surface area contributed by atoms with E-state index in [4.69, 9.17) is 4.74 Å². The maximum absolute atomic E-state index is 12.0. The number of aryl methyl sites for hydroxylation is 2. The van der Waals surface area contributed by atoms with Crippen molar-refractivity contribution in [3.63, 3.8) is 0 Å². The highest BCUT2D eigenvalue weighted by Crippen LogP contribution is 2.14. The minimum Gasteiger partial charge on any atom is -0.455 e. The Morgan fingerprint density at radius 3 is 2.58 bits per heavy atom. The Bertz CT molecular complexity index is 852. The van der Waals surface area contributed by atoms with E-state index < -0.39 is 30.1 Å². The topological polar surface area (TPSA) is 128 Å². The molecule has 0 aliphatic rings. The van der Waals surface area contributed by atoms with E-state index >= 15 is 0 Å². The standard InChI is InChI=1S/C16H22N6O4/c1-9-11(10(2)22-14(19-9)17-8-18-22)6-13(24)26-7-12(23)20-15(25)21-16(3,4)5/h8H,6-7H2,1-5H3,(H2,20,21,23,25). The van der Waals surface area contributed by atoms with Crippen molar-refractivity contribution in [1.82, 2.24) is 30.2 Å². The SMILES string of the molecule is Cc1nc2ncnn2c(C)c1CC(=O)OCC(=O)NC(=O)NC(C)(C)C. The number of hydrogen-bond donors (Lipinski definition) is 2. The van der Waals surface area contributed by atoms with Crippen LogP contribution in [-0.4, -0.2) is 49.6 Å². The summed E-state index contributed by atoms with van der Waals surface area (Å²) in [5.41, 5.74) is 1.52. The van der Waals surface area contributed by atoms with Crippen molar-refractivity contribution in [3.05, 3.63) is 23.3 Å². The average molecular weight is 362 g/mol. The molecule has 0 unspecified atom stereocenters. The predicted octanol–water partition coefficient (Wildman–Crippen LogP) is 0.451. The lowest BCUT2D eigenvalue weighted by Gasteiger charge is -2.20. The van der Waals surface area contributed by atoms with Crippen LogP contribution in [-0.2, 0) is 20.7 Å². The van der Waals surface area contributed by atoms with Gasteiger partial charge in [-0.3, -0.25) is 14.9 Å². The summed E-state index contributed by atoms with van der Waals surface area (Å²) in [4.78, 5) is 43.6. The molecule has 2 heterocycles. The molecule has 26 heavy (non-hydrogen) atoms. The van der Waals surface area contributed by atoms with Gasteiger partial charge in [0.2, 0.25) is 0 Å². The molecule has 140 valence electrons. The normalized spacial score (nSPS) is 11.3. The lowest BCUT2D eigenvalue weighted by Crippen LogP contribution is -2.49. The Kier molecular flexibility index (Phi) is 5.53. The summed E-state index contributed by atoms with van der Waals surface area (Å²) in [6.07, 6.45) is 1.31. The fourth-order valence-corrected chi connectivity index (χ4v) is 2.29. The number of carbonyl (C=O) groups excluding carboxylic acids is 3. The van der Waals surface area contributed by atoms with Gasteiger partial charge >= 0.3 is 12.0 Å². The molecule has 2 aromatic rings. The zero-order chi connectivity index (χ0) is 19.5. The van der Waals surface area contributed by atoms with E-state index in [1.165, 1.54) is 10.8 Å². The lowest BCUT2D eigenvalue weighted by molar-refractivity contribution is -0.147. The molecular weight excluding hydrogens is 340 g/mol. The molecule has 0 saturated heterocycles. The van der Waals surface area contributed by atoms with E-state index in [-0.39, 0.29) is 6.42 Å². The van der Waals surface area contributed by atoms with Gasteiger partial charge in [-0.05, 0) is 34.6 Å². The minimum absolute atomic E-state index is 0.0675. The number of urea groups is 1. The molecular formula is C16H22N6O4. The summed E-state index contributed by atoms with van der Waals surface area (Å²) >= 11 is 0. The third kappa shape index (κ3) is 4.98. The summed E-state index contributed by atoms with van der Waals surface area (Å²) < 4.78 is 6.47. The predicted molar refractivity (Wildman–Crippen MR) is 91.3 cm³/mol. The van der Waals surface area contributed by atoms with Gasteiger partial charge in [-0.2, -0.15) is 10.1 Å². The van der Waals surface area contributed by atoms with Crippen LogP contribution in [0.2, 0.25) is 0 Å². The number of nitrogens with zero attached hydrogens (tertiary/aromatic N) is 4. The first-order valence-electron chi connectivity index (χ1n) is 8.00. The highest BCUT2D eigenvalue weighted by Gasteiger charge is 2.18. The van der Waals surface area contributed by atoms with Gasteiger partial charge in [0, 0.05) is 22.5 Å². The lowest BCUT2D eigenvalue weighted by atomic mass is 10.1. The number of esters is 1. The number of rotatable bonds is 4. The Balaban J connectivity index is 1.91. The number of fused-ring (bicyclic) bond motifs is 1. The Hall–Kier alpha value is -3.04. The fraction of sp³-hybridized carbons (Fsp3) is 0.500. The summed E-state index contributed by atoms with van der Waals surface area (Å²) in [7, 11) is 0. The quantitative estimate of drug-likeness (QED) is 0.756. The molecule has 2 N–H and O–H groups in total. The van der Waals surface area contributed by atoms with Crippen LogP contribution in [0.15, 0.2) is 6.33 Å². The van der Waals surface area contributed by atoms with Gasteiger partial charge in [0.25, 0.3) is 11.7 Å². The summed E-state index contributed by atoms with van der Waals surface area (Å²) in [5, 5.41) is 8.72. The second-order valence-electron chi connectivity index (χ2n) is 6.82. The van der Waals surface area contributed by atoms with E-state index in [9.17, 15) is 14.4 Å². The van der Waals surface area contributed by atoms with Gasteiger partial charge in [-0.1, -0.05) is 0 Å². The first kappa shape index (κ1) is 19.3. The first-order chi connectivity index (χ1) is 12.1. The average Bonchev–Trinajstić information content (AvgIpc) is 2.95. The number of imide groups is 1. The number of aromatic nitrogens is 4. The van der Waals surface area contributed by atoms with Gasteiger partial charge in [-0.25, -0.2) is 14.3 Å². The fourth-order valence-electron chi connectivity index (χ4n) is 2.29. The molecule has 0 spiro atoms. The molecule has 0 aliphatic heterocycles. The molecule has 0 atom stereocenters. The van der Waals surface area contributed by atoms with Crippen LogP contribution in [0, 0.1) is 13.8 Å². The van der Waals surface area contributed by atoms with Gasteiger partial charge in [0.05, 0.1) is 6.42 Å². The van der Waals surface area contributed by atoms with Crippen LogP contribution in [0.1, 0.15) is 37.7 Å². The molecule has 10 heteroatoms. The second-order valence-corrected chi connectivity index (χ2v) is 6.82. The molecule has 0 fully saturated rings. The molecule has 2 rings (SSSR count). The third-order valence-electron chi connectivity index (χ3n) is 3.42. The molecule has 0 aliphatic carbocycles. The van der Waals surface area contributed by atoms with Crippen LogP contribution >= 0.6 is 0 Å². The Morgan fingerprint density at radius 1 is 1.23 bits per heavy atom. The van der Waals surface area contributed by atoms with Crippen molar-refractivity contribution in [2.45, 2.75) is 46.6 Å². The Morgan fingerprint density at radius 2 is 1.92 bits per heavy atom. The van der Waals surface area contributed by atoms with Crippen molar-refractivity contribution in [2.24, 2.45) is 0 Å². The molecule has 2 aromatic heterocycles. The van der Waals surface area contributed by atoms with Crippen LogP contribution in [0.3, 0.4) is 0 Å². The monoisotopic (exact) mass is 362 g/mol. The van der Waals surface area contributed by atoms with E-state index in [1.807, 2.05) is 0 Å². The second kappa shape index (κ2) is 7.46. The van der Waals surface area contributed by atoms with E-state index in [0.29, 0.717) is 17.0 Å². The van der Waals surface area contributed by atoms with Gasteiger partial charge in [0.15, 0.2) is 6.61 Å². The molecule has 10 nitrogen and oxygen atoms in total. The number of ether oxygens (including phenoxy) is 1. The van der Waals surface area contributed by atoms with Gasteiger partial charge in [0.1, 0.15) is 6.33 Å². The van der Waals surface area contributed by atoms with E-state index in [2.05, 4.69) is 25.7 Å². The first-order valence-corrected chi connectivity index (χ1v) is 8.00. The van der Waals surface area contributed by atoms with Crippen LogP contribution < -0.4 is 10.6 Å². The molecule has 3 amide bonds. The van der Waals surface area contributed by atoms with Crippen LogP contribution in [0.5, 0.6) is 0 Å². The minimum atomic E-state index is -0.710. The maximum atomic E-state index is 12.0. The van der Waals surface area contributed by atoms with Gasteiger partial charge in [-0.15, -0.1) is 0 Å². The number of nitrogens with one attached hydrogen (secondary N) is 2. The smallest absolute Gasteiger partial charge is 0.321 e. The Labute approximate surface area is 150 Å². The molecule has 0 saturated carbocycles. The summed E-state index contributed by atoms with van der Waals surface area (Å²) in [6, 6.07) is -0.647. The van der Waals surface area contributed by atoms with E-state index in [1.54, 1.807) is 34.6 Å². The summed E-state index contributed by atoms with van der Waals surface area (Å²) in [6.45, 7) is 8.34.